The maximum atomic E-state index is 7.36. The van der Waals surface area contributed by atoms with Gasteiger partial charge in [0.1, 0.15) is 0 Å². The van der Waals surface area contributed by atoms with E-state index < -0.39 is 5.96 Å². The Balaban J connectivity index is 4.82. The number of rotatable bonds is 12. The summed E-state index contributed by atoms with van der Waals surface area (Å²) in [6.45, 7) is 7.66. The monoisotopic (exact) mass is 296 g/mol. The van der Waals surface area contributed by atoms with E-state index in [0.717, 1.165) is 12.8 Å². The quantitative estimate of drug-likeness (QED) is 0.417. The molecular weight excluding hydrogens is 263 g/mol. The molecule has 0 aromatic heterocycles. The van der Waals surface area contributed by atoms with Gasteiger partial charge in [-0.25, -0.2) is 0 Å². The molecule has 0 aliphatic carbocycles. The van der Waals surface area contributed by atoms with E-state index in [-0.39, 0.29) is 0 Å². The zero-order valence-electron chi connectivity index (χ0n) is 13.0. The molecule has 0 aliphatic rings. The van der Waals surface area contributed by atoms with Crippen molar-refractivity contribution < 1.29 is 4.74 Å². The van der Waals surface area contributed by atoms with Crippen molar-refractivity contribution >= 4 is 17.2 Å². The van der Waals surface area contributed by atoms with E-state index in [0.29, 0.717) is 0 Å². The van der Waals surface area contributed by atoms with Gasteiger partial charge in [0.2, 0.25) is 0 Å². The molecule has 18 heavy (non-hydrogen) atoms. The summed E-state index contributed by atoms with van der Waals surface area (Å²) in [4.78, 5) is 0. The number of unbranched alkanes of at least 4 members (excludes halogenated alkanes) is 3. The summed E-state index contributed by atoms with van der Waals surface area (Å²) in [5.41, 5.74) is 0. The van der Waals surface area contributed by atoms with E-state index in [9.17, 15) is 0 Å². The summed E-state index contributed by atoms with van der Waals surface area (Å²) >= 11 is 7.36. The first-order chi connectivity index (χ1) is 8.54. The van der Waals surface area contributed by atoms with Crippen LogP contribution in [0.15, 0.2) is 0 Å². The van der Waals surface area contributed by atoms with E-state index in [1.807, 2.05) is 0 Å². The molecule has 0 heterocycles. The van der Waals surface area contributed by atoms with Gasteiger partial charge in [0.15, 0.2) is 0 Å². The van der Waals surface area contributed by atoms with Crippen molar-refractivity contribution in [2.45, 2.75) is 59.3 Å². The molecule has 0 radical (unpaired) electrons. The van der Waals surface area contributed by atoms with Crippen LogP contribution in [0, 0.1) is 0 Å². The first-order valence-electron chi connectivity index (χ1n) is 7.75. The molecule has 0 rings (SSSR count). The molecule has 0 spiro atoms. The molecule has 0 saturated carbocycles. The fourth-order valence-corrected chi connectivity index (χ4v) is 9.23. The normalized spacial score (nSPS) is 14.4. The molecule has 1 nitrogen and oxygen atoms in total. The maximum absolute atomic E-state index is 7.36. The Morgan fingerprint density at radius 1 is 0.778 bits per heavy atom. The summed E-state index contributed by atoms with van der Waals surface area (Å²) in [6.07, 6.45) is 12.6. The number of ether oxygens (including phenoxy) is 1. The molecular formula is C15H34ClOP. The predicted octanol–water partition coefficient (Wildman–Crippen LogP) is 5.74. The van der Waals surface area contributed by atoms with Crippen molar-refractivity contribution in [1.29, 1.82) is 0 Å². The van der Waals surface area contributed by atoms with Crippen molar-refractivity contribution in [1.82, 2.24) is 0 Å². The van der Waals surface area contributed by atoms with Crippen LogP contribution in [0.5, 0.6) is 0 Å². The first kappa shape index (κ1) is 18.7. The number of hydrogen-bond acceptors (Lipinski definition) is 1. The van der Waals surface area contributed by atoms with Gasteiger partial charge in [0.05, 0.1) is 0 Å². The Labute approximate surface area is 120 Å². The second kappa shape index (κ2) is 9.56. The Kier molecular flexibility index (Phi) is 9.92. The Bertz CT molecular complexity index is 165. The van der Waals surface area contributed by atoms with Gasteiger partial charge in [-0.15, -0.1) is 0 Å². The third-order valence-electron chi connectivity index (χ3n) is 4.07. The van der Waals surface area contributed by atoms with Crippen molar-refractivity contribution in [3.8, 4) is 0 Å². The van der Waals surface area contributed by atoms with E-state index in [1.165, 1.54) is 57.0 Å². The Morgan fingerprint density at radius 3 is 1.44 bits per heavy atom. The molecule has 0 aromatic carbocycles. The number of halogens is 1. The van der Waals surface area contributed by atoms with Gasteiger partial charge in [-0.05, 0) is 0 Å². The summed E-state index contributed by atoms with van der Waals surface area (Å²) in [6, 6.07) is 0. The second-order valence-corrected chi connectivity index (χ2v) is 14.1. The van der Waals surface area contributed by atoms with Crippen LogP contribution in [0.1, 0.15) is 59.3 Å². The van der Waals surface area contributed by atoms with Gasteiger partial charge in [-0.1, -0.05) is 0 Å². The van der Waals surface area contributed by atoms with Gasteiger partial charge < -0.3 is 0 Å². The Morgan fingerprint density at radius 2 is 1.17 bits per heavy atom. The molecule has 0 unspecified atom stereocenters. The molecule has 3 heteroatoms. The van der Waals surface area contributed by atoms with E-state index in [1.54, 1.807) is 7.11 Å². The zero-order chi connectivity index (χ0) is 13.9. The molecule has 0 N–H and O–H groups in total. The van der Waals surface area contributed by atoms with E-state index in [2.05, 4.69) is 20.8 Å². The zero-order valence-corrected chi connectivity index (χ0v) is 14.7. The average molecular weight is 297 g/mol. The Hall–Kier alpha value is 0.680. The standard InChI is InChI=1S/C15H34ClOP/c1-5-8-12-18(16,13-9-6-2,14-10-7-3)15-11-17-4/h5-15H2,1-4H3. The van der Waals surface area contributed by atoms with Crippen LogP contribution in [0.2, 0.25) is 0 Å². The molecule has 0 bridgehead atoms. The minimum absolute atomic E-state index is 0.846. The molecule has 0 aromatic rings. The van der Waals surface area contributed by atoms with Crippen molar-refractivity contribution in [3.05, 3.63) is 0 Å². The van der Waals surface area contributed by atoms with Gasteiger partial charge in [-0.2, -0.15) is 0 Å². The third kappa shape index (κ3) is 6.73. The van der Waals surface area contributed by atoms with Gasteiger partial charge >= 0.3 is 120 Å². The second-order valence-electron chi connectivity index (χ2n) is 5.77. The molecule has 0 atom stereocenters. The van der Waals surface area contributed by atoms with Crippen LogP contribution in [0.3, 0.4) is 0 Å². The molecule has 0 amide bonds. The average Bonchev–Trinajstić information content (AvgIpc) is 2.40. The van der Waals surface area contributed by atoms with Crippen LogP contribution in [-0.4, -0.2) is 38.4 Å². The van der Waals surface area contributed by atoms with Crippen molar-refractivity contribution in [3.63, 3.8) is 0 Å². The van der Waals surface area contributed by atoms with Crippen LogP contribution in [0.4, 0.5) is 0 Å². The summed E-state index contributed by atoms with van der Waals surface area (Å²) in [7, 11) is 1.80. The van der Waals surface area contributed by atoms with Crippen molar-refractivity contribution in [2.24, 2.45) is 0 Å². The first-order valence-corrected chi connectivity index (χ1v) is 11.6. The SMILES string of the molecule is CCCCP(Cl)(CCCC)(CCCC)CCOC. The topological polar surface area (TPSA) is 9.23 Å². The van der Waals surface area contributed by atoms with Crippen LogP contribution >= 0.6 is 17.2 Å². The summed E-state index contributed by atoms with van der Waals surface area (Å²) < 4.78 is 5.35. The van der Waals surface area contributed by atoms with Gasteiger partial charge in [0, 0.05) is 0 Å². The molecule has 0 saturated heterocycles. The predicted molar refractivity (Wildman–Crippen MR) is 88.8 cm³/mol. The fourth-order valence-electron chi connectivity index (χ4n) is 2.65. The van der Waals surface area contributed by atoms with Crippen LogP contribution in [0.25, 0.3) is 0 Å². The summed E-state index contributed by atoms with van der Waals surface area (Å²) in [5.74, 6) is -2.01. The molecule has 112 valence electrons. The molecule has 0 fully saturated rings. The minimum atomic E-state index is -2.01. The molecule has 0 aliphatic heterocycles. The van der Waals surface area contributed by atoms with Gasteiger partial charge in [-0.3, -0.25) is 0 Å². The summed E-state index contributed by atoms with van der Waals surface area (Å²) in [5, 5.41) is 0. The third-order valence-corrected chi connectivity index (χ3v) is 11.7. The van der Waals surface area contributed by atoms with Gasteiger partial charge in [0.25, 0.3) is 0 Å². The van der Waals surface area contributed by atoms with E-state index in [4.69, 9.17) is 16.0 Å². The number of hydrogen-bond donors (Lipinski definition) is 0. The number of methoxy groups -OCH3 is 1. The fraction of sp³-hybridized carbons (Fsp3) is 1.00. The van der Waals surface area contributed by atoms with Crippen LogP contribution < -0.4 is 0 Å². The van der Waals surface area contributed by atoms with E-state index >= 15 is 0 Å². The van der Waals surface area contributed by atoms with Crippen molar-refractivity contribution in [2.75, 3.05) is 38.4 Å². The van der Waals surface area contributed by atoms with Crippen LogP contribution in [-0.2, 0) is 4.74 Å².